The molecule has 3 atom stereocenters. The molecule has 1 aliphatic carbocycles. The molecule has 102 valence electrons. The first kappa shape index (κ1) is 12.5. The van der Waals surface area contributed by atoms with Crippen LogP contribution in [0.4, 0.5) is 0 Å². The first-order valence-electron chi connectivity index (χ1n) is 7.06. The van der Waals surface area contributed by atoms with Crippen LogP contribution in [0.1, 0.15) is 44.2 Å². The maximum Gasteiger partial charge on any atom is 0.133 e. The summed E-state index contributed by atoms with van der Waals surface area (Å²) in [7, 11) is 0. The van der Waals surface area contributed by atoms with E-state index in [4.69, 9.17) is 9.47 Å². The zero-order valence-corrected chi connectivity index (χ0v) is 11.7. The Morgan fingerprint density at radius 2 is 2.26 bits per heavy atom. The largest absolute Gasteiger partial charge is 0.494 e. The number of carbonyl (C=O) groups excluding carboxylic acids is 1. The predicted octanol–water partition coefficient (Wildman–Crippen LogP) is 3.10. The van der Waals surface area contributed by atoms with Gasteiger partial charge in [0.15, 0.2) is 0 Å². The van der Waals surface area contributed by atoms with Crippen LogP contribution in [0.15, 0.2) is 12.1 Å². The maximum absolute atomic E-state index is 11.5. The molecule has 0 bridgehead atoms. The Morgan fingerprint density at radius 1 is 1.47 bits per heavy atom. The molecule has 2 aliphatic rings. The number of fused-ring (bicyclic) bond motifs is 1. The van der Waals surface area contributed by atoms with Gasteiger partial charge in [-0.3, -0.25) is 4.79 Å². The van der Waals surface area contributed by atoms with Gasteiger partial charge in [0.2, 0.25) is 0 Å². The Bertz CT molecular complexity index is 521. The lowest BCUT2D eigenvalue weighted by atomic mass is 10.0. The molecule has 0 radical (unpaired) electrons. The molecule has 0 aromatic heterocycles. The lowest BCUT2D eigenvalue weighted by Gasteiger charge is -2.12. The van der Waals surface area contributed by atoms with Gasteiger partial charge in [-0.15, -0.1) is 0 Å². The molecule has 3 heteroatoms. The van der Waals surface area contributed by atoms with E-state index in [0.717, 1.165) is 29.9 Å². The highest BCUT2D eigenvalue weighted by Crippen LogP contribution is 2.52. The molecule has 1 fully saturated rings. The van der Waals surface area contributed by atoms with Gasteiger partial charge in [-0.1, -0.05) is 0 Å². The second-order valence-corrected chi connectivity index (χ2v) is 5.62. The minimum absolute atomic E-state index is 0.177. The molecule has 1 heterocycles. The number of ketones is 1. The van der Waals surface area contributed by atoms with Gasteiger partial charge >= 0.3 is 0 Å². The molecule has 0 N–H and O–H groups in total. The molecule has 0 saturated heterocycles. The van der Waals surface area contributed by atoms with Crippen LogP contribution in [0.25, 0.3) is 0 Å². The van der Waals surface area contributed by atoms with Gasteiger partial charge in [-0.2, -0.15) is 0 Å². The summed E-state index contributed by atoms with van der Waals surface area (Å²) in [6, 6.07) is 4.20. The molecule has 3 rings (SSSR count). The molecule has 1 saturated carbocycles. The fourth-order valence-electron chi connectivity index (χ4n) is 3.01. The summed E-state index contributed by atoms with van der Waals surface area (Å²) < 4.78 is 11.6. The monoisotopic (exact) mass is 260 g/mol. The number of rotatable bonds is 4. The summed E-state index contributed by atoms with van der Waals surface area (Å²) in [4.78, 5) is 11.5. The molecule has 0 amide bonds. The molecule has 3 nitrogen and oxygen atoms in total. The fourth-order valence-corrected chi connectivity index (χ4v) is 3.01. The van der Waals surface area contributed by atoms with E-state index in [0.29, 0.717) is 12.5 Å². The summed E-state index contributed by atoms with van der Waals surface area (Å²) in [5, 5.41) is 0. The normalized spacial score (nSPS) is 27.6. The van der Waals surface area contributed by atoms with Crippen LogP contribution in [0.2, 0.25) is 0 Å². The molecule has 1 aliphatic heterocycles. The predicted molar refractivity (Wildman–Crippen MR) is 72.9 cm³/mol. The van der Waals surface area contributed by atoms with E-state index in [2.05, 4.69) is 19.1 Å². The summed E-state index contributed by atoms with van der Waals surface area (Å²) in [6.45, 7) is 6.40. The number of hydrogen-bond acceptors (Lipinski definition) is 3. The molecular weight excluding hydrogens is 240 g/mol. The van der Waals surface area contributed by atoms with Gasteiger partial charge in [-0.25, -0.2) is 0 Å². The molecule has 1 aromatic rings. The van der Waals surface area contributed by atoms with Crippen molar-refractivity contribution in [3.63, 3.8) is 0 Å². The van der Waals surface area contributed by atoms with Crippen molar-refractivity contribution in [2.45, 2.75) is 45.6 Å². The Balaban J connectivity index is 1.94. The summed E-state index contributed by atoms with van der Waals surface area (Å²) >= 11 is 0. The minimum atomic E-state index is 0.177. The minimum Gasteiger partial charge on any atom is -0.494 e. The lowest BCUT2D eigenvalue weighted by molar-refractivity contribution is -0.118. The van der Waals surface area contributed by atoms with Gasteiger partial charge in [0.1, 0.15) is 23.4 Å². The Morgan fingerprint density at radius 3 is 2.89 bits per heavy atom. The Hall–Kier alpha value is -1.51. The highest BCUT2D eigenvalue weighted by atomic mass is 16.5. The third-order valence-electron chi connectivity index (χ3n) is 4.04. The smallest absolute Gasteiger partial charge is 0.133 e. The van der Waals surface area contributed by atoms with E-state index in [1.165, 1.54) is 5.56 Å². The average Bonchev–Trinajstić information content (AvgIpc) is 3.05. The van der Waals surface area contributed by atoms with E-state index < -0.39 is 0 Å². The van der Waals surface area contributed by atoms with E-state index in [1.54, 1.807) is 6.92 Å². The zero-order chi connectivity index (χ0) is 13.6. The first-order valence-corrected chi connectivity index (χ1v) is 7.06. The number of carbonyl (C=O) groups is 1. The number of benzene rings is 1. The van der Waals surface area contributed by atoms with Crippen molar-refractivity contribution in [2.24, 2.45) is 5.92 Å². The maximum atomic E-state index is 11.5. The zero-order valence-electron chi connectivity index (χ0n) is 11.7. The van der Waals surface area contributed by atoms with E-state index in [1.807, 2.05) is 6.92 Å². The average molecular weight is 260 g/mol. The van der Waals surface area contributed by atoms with Crippen molar-refractivity contribution in [3.8, 4) is 11.5 Å². The van der Waals surface area contributed by atoms with Crippen molar-refractivity contribution in [1.82, 2.24) is 0 Å². The Kier molecular flexibility index (Phi) is 3.00. The number of Topliss-reactive ketones (excluding diaryl/α,β-unsaturated/α-hetero) is 1. The van der Waals surface area contributed by atoms with E-state index in [9.17, 15) is 4.79 Å². The van der Waals surface area contributed by atoms with Crippen molar-refractivity contribution < 1.29 is 14.3 Å². The SMILES string of the molecule is CCOc1cc2c(cc1C1CC1C(C)=O)OC(C)C2. The summed E-state index contributed by atoms with van der Waals surface area (Å²) in [5.41, 5.74) is 2.37. The van der Waals surface area contributed by atoms with Crippen LogP contribution in [0, 0.1) is 5.92 Å². The van der Waals surface area contributed by atoms with Crippen molar-refractivity contribution in [3.05, 3.63) is 23.3 Å². The molecular formula is C16H20O3. The standard InChI is InChI=1S/C16H20O3/c1-4-18-16-6-11-5-9(2)19-15(11)8-14(16)13-7-12(13)10(3)17/h6,8-9,12-13H,4-5,7H2,1-3H3. The molecule has 3 unspecified atom stereocenters. The van der Waals surface area contributed by atoms with Crippen LogP contribution in [0.5, 0.6) is 11.5 Å². The second-order valence-electron chi connectivity index (χ2n) is 5.62. The molecule has 0 spiro atoms. The summed E-state index contributed by atoms with van der Waals surface area (Å²) in [6.07, 6.45) is 2.13. The van der Waals surface area contributed by atoms with Crippen LogP contribution >= 0.6 is 0 Å². The van der Waals surface area contributed by atoms with E-state index >= 15 is 0 Å². The molecule has 1 aromatic carbocycles. The van der Waals surface area contributed by atoms with Gasteiger partial charge in [0.05, 0.1) is 6.61 Å². The quantitative estimate of drug-likeness (QED) is 0.834. The van der Waals surface area contributed by atoms with Gasteiger partial charge in [-0.05, 0) is 45.2 Å². The first-order chi connectivity index (χ1) is 9.10. The number of hydrogen-bond donors (Lipinski definition) is 0. The van der Waals surface area contributed by atoms with Crippen LogP contribution in [0.3, 0.4) is 0 Å². The fraction of sp³-hybridized carbons (Fsp3) is 0.562. The van der Waals surface area contributed by atoms with Gasteiger partial charge in [0.25, 0.3) is 0 Å². The second kappa shape index (κ2) is 4.55. The van der Waals surface area contributed by atoms with Crippen LogP contribution in [-0.4, -0.2) is 18.5 Å². The van der Waals surface area contributed by atoms with Gasteiger partial charge in [0, 0.05) is 23.5 Å². The van der Waals surface area contributed by atoms with Crippen LogP contribution in [-0.2, 0) is 11.2 Å². The van der Waals surface area contributed by atoms with Crippen molar-refractivity contribution in [2.75, 3.05) is 6.61 Å². The lowest BCUT2D eigenvalue weighted by Crippen LogP contribution is -2.05. The third-order valence-corrected chi connectivity index (χ3v) is 4.04. The number of ether oxygens (including phenoxy) is 2. The third kappa shape index (κ3) is 2.22. The highest BCUT2D eigenvalue weighted by Gasteiger charge is 2.44. The van der Waals surface area contributed by atoms with E-state index in [-0.39, 0.29) is 17.8 Å². The topological polar surface area (TPSA) is 35.5 Å². The van der Waals surface area contributed by atoms with Gasteiger partial charge < -0.3 is 9.47 Å². The molecule has 19 heavy (non-hydrogen) atoms. The van der Waals surface area contributed by atoms with Crippen molar-refractivity contribution in [1.29, 1.82) is 0 Å². The Labute approximate surface area is 113 Å². The summed E-state index contributed by atoms with van der Waals surface area (Å²) in [5.74, 6) is 2.69. The van der Waals surface area contributed by atoms with Crippen molar-refractivity contribution >= 4 is 5.78 Å². The van der Waals surface area contributed by atoms with Crippen LogP contribution < -0.4 is 9.47 Å². The highest BCUT2D eigenvalue weighted by molar-refractivity contribution is 5.83.